The molecule has 1 saturated heterocycles. The maximum atomic E-state index is 10.3. The molecule has 0 spiro atoms. The van der Waals surface area contributed by atoms with Gasteiger partial charge in [-0.25, -0.2) is 0 Å². The van der Waals surface area contributed by atoms with Crippen molar-refractivity contribution in [2.24, 2.45) is 0 Å². The molecule has 8 heteroatoms. The van der Waals surface area contributed by atoms with Gasteiger partial charge in [0.25, 0.3) is 0 Å². The Kier molecular flexibility index (Phi) is 8.18. The van der Waals surface area contributed by atoms with Crippen LogP contribution in [-0.4, -0.2) is 64.8 Å². The van der Waals surface area contributed by atoms with Crippen LogP contribution in [0, 0.1) is 6.92 Å². The van der Waals surface area contributed by atoms with Crippen LogP contribution in [0.15, 0.2) is 36.7 Å². The lowest BCUT2D eigenvalue weighted by Crippen LogP contribution is -2.47. The maximum absolute atomic E-state index is 10.3. The van der Waals surface area contributed by atoms with Crippen molar-refractivity contribution in [2.45, 2.75) is 25.7 Å². The quantitative estimate of drug-likeness (QED) is 0.771. The molecule has 0 saturated carbocycles. The van der Waals surface area contributed by atoms with E-state index in [1.54, 1.807) is 12.1 Å². The molecule has 0 bridgehead atoms. The number of nitrogens with zero attached hydrogens (tertiary/aromatic N) is 3. The summed E-state index contributed by atoms with van der Waals surface area (Å²) < 4.78 is 13.3. The van der Waals surface area contributed by atoms with Crippen LogP contribution < -0.4 is 4.74 Å². The van der Waals surface area contributed by atoms with Gasteiger partial charge in [-0.3, -0.25) is 9.58 Å². The van der Waals surface area contributed by atoms with Gasteiger partial charge >= 0.3 is 0 Å². The number of rotatable bonds is 7. The topological polar surface area (TPSA) is 59.8 Å². The lowest BCUT2D eigenvalue weighted by Gasteiger charge is -2.34. The Bertz CT molecular complexity index is 683. The van der Waals surface area contributed by atoms with Crippen LogP contribution in [0.25, 0.3) is 0 Å². The van der Waals surface area contributed by atoms with Gasteiger partial charge in [0.2, 0.25) is 0 Å². The van der Waals surface area contributed by atoms with Crippen LogP contribution in [-0.2, 0) is 11.3 Å². The molecular weight excluding hydrogens is 377 g/mol. The number of aryl methyl sites for hydroxylation is 1. The molecule has 144 valence electrons. The standard InChI is InChI=1S/C18H24ClN3O3.ClH/c1-14-8-20-22(9-14)12-16-11-21(6-7-24-16)10-15(23)13-25-18-5-3-2-4-17(18)19;/h2-5,8-9,15-16,23H,6-7,10-13H2,1H3;1H. The third kappa shape index (κ3) is 6.14. The number of halogens is 2. The summed E-state index contributed by atoms with van der Waals surface area (Å²) in [7, 11) is 0. The number of ether oxygens (including phenoxy) is 2. The number of hydrogen-bond donors (Lipinski definition) is 1. The van der Waals surface area contributed by atoms with E-state index in [0.29, 0.717) is 23.9 Å². The van der Waals surface area contributed by atoms with Gasteiger partial charge in [-0.05, 0) is 24.6 Å². The highest BCUT2D eigenvalue weighted by atomic mass is 35.5. The summed E-state index contributed by atoms with van der Waals surface area (Å²) in [5.41, 5.74) is 1.14. The second kappa shape index (κ2) is 10.1. The minimum Gasteiger partial charge on any atom is -0.489 e. The Balaban J connectivity index is 0.00000243. The molecule has 1 aliphatic rings. The fourth-order valence-electron chi connectivity index (χ4n) is 2.93. The van der Waals surface area contributed by atoms with Crippen molar-refractivity contribution in [3.8, 4) is 5.75 Å². The van der Waals surface area contributed by atoms with Gasteiger partial charge in [-0.2, -0.15) is 5.10 Å². The van der Waals surface area contributed by atoms with Crippen LogP contribution in [0.3, 0.4) is 0 Å². The largest absolute Gasteiger partial charge is 0.489 e. The molecule has 1 fully saturated rings. The average Bonchev–Trinajstić information content (AvgIpc) is 2.99. The number of para-hydroxylation sites is 1. The first kappa shape index (κ1) is 21.0. The maximum Gasteiger partial charge on any atom is 0.138 e. The number of morpholine rings is 1. The number of hydrogen-bond acceptors (Lipinski definition) is 5. The van der Waals surface area contributed by atoms with Crippen LogP contribution in [0.5, 0.6) is 5.75 Å². The van der Waals surface area contributed by atoms with Gasteiger partial charge in [-0.1, -0.05) is 23.7 Å². The number of aliphatic hydroxyl groups is 1. The normalized spacial score (nSPS) is 19.0. The molecule has 2 heterocycles. The fourth-order valence-corrected chi connectivity index (χ4v) is 3.12. The summed E-state index contributed by atoms with van der Waals surface area (Å²) in [6, 6.07) is 7.27. The van der Waals surface area contributed by atoms with Crippen molar-refractivity contribution in [3.63, 3.8) is 0 Å². The Labute approximate surface area is 165 Å². The van der Waals surface area contributed by atoms with Crippen LogP contribution >= 0.6 is 24.0 Å². The van der Waals surface area contributed by atoms with Gasteiger partial charge in [0, 0.05) is 25.8 Å². The van der Waals surface area contributed by atoms with Gasteiger partial charge in [0.1, 0.15) is 18.5 Å². The second-order valence-corrected chi connectivity index (χ2v) is 6.79. The van der Waals surface area contributed by atoms with E-state index in [1.165, 1.54) is 0 Å². The minimum absolute atomic E-state index is 0. The number of aromatic nitrogens is 2. The zero-order valence-electron chi connectivity index (χ0n) is 14.8. The van der Waals surface area contributed by atoms with E-state index in [2.05, 4.69) is 10.00 Å². The lowest BCUT2D eigenvalue weighted by molar-refractivity contribution is -0.0517. The van der Waals surface area contributed by atoms with E-state index in [4.69, 9.17) is 21.1 Å². The Hall–Kier alpha value is -1.31. The third-order valence-electron chi connectivity index (χ3n) is 4.11. The van der Waals surface area contributed by atoms with Gasteiger partial charge in [0.05, 0.1) is 30.5 Å². The predicted molar refractivity (Wildman–Crippen MR) is 103 cm³/mol. The SMILES string of the molecule is Cc1cnn(CC2CN(CC(O)COc3ccccc3Cl)CCO2)c1.Cl. The van der Waals surface area contributed by atoms with Gasteiger partial charge in [0.15, 0.2) is 0 Å². The summed E-state index contributed by atoms with van der Waals surface area (Å²) in [6.07, 6.45) is 3.34. The zero-order chi connectivity index (χ0) is 17.6. The van der Waals surface area contributed by atoms with Crippen molar-refractivity contribution in [3.05, 3.63) is 47.2 Å². The zero-order valence-corrected chi connectivity index (χ0v) is 16.3. The molecule has 1 N–H and O–H groups in total. The van der Waals surface area contributed by atoms with E-state index >= 15 is 0 Å². The van der Waals surface area contributed by atoms with Crippen molar-refractivity contribution in [2.75, 3.05) is 32.8 Å². The highest BCUT2D eigenvalue weighted by Crippen LogP contribution is 2.23. The molecule has 0 aliphatic carbocycles. The highest BCUT2D eigenvalue weighted by Gasteiger charge is 2.23. The summed E-state index contributed by atoms with van der Waals surface area (Å²) >= 11 is 6.06. The van der Waals surface area contributed by atoms with Crippen LogP contribution in [0.4, 0.5) is 0 Å². The first-order chi connectivity index (χ1) is 12.1. The summed E-state index contributed by atoms with van der Waals surface area (Å²) in [4.78, 5) is 2.20. The summed E-state index contributed by atoms with van der Waals surface area (Å²) in [5.74, 6) is 0.595. The molecule has 3 rings (SSSR count). The smallest absolute Gasteiger partial charge is 0.138 e. The molecule has 1 aromatic heterocycles. The Morgan fingerprint density at radius 3 is 2.96 bits per heavy atom. The highest BCUT2D eigenvalue weighted by molar-refractivity contribution is 6.32. The van der Waals surface area contributed by atoms with Crippen molar-refractivity contribution in [1.82, 2.24) is 14.7 Å². The molecule has 1 aliphatic heterocycles. The summed E-state index contributed by atoms with van der Waals surface area (Å²) in [6.45, 7) is 5.72. The third-order valence-corrected chi connectivity index (χ3v) is 4.43. The first-order valence-electron chi connectivity index (χ1n) is 8.48. The monoisotopic (exact) mass is 401 g/mol. The van der Waals surface area contributed by atoms with E-state index in [0.717, 1.165) is 25.2 Å². The molecule has 2 atom stereocenters. The summed E-state index contributed by atoms with van der Waals surface area (Å²) in [5, 5.41) is 15.1. The predicted octanol–water partition coefficient (Wildman–Crippen LogP) is 2.41. The van der Waals surface area contributed by atoms with Crippen LogP contribution in [0.2, 0.25) is 5.02 Å². The van der Waals surface area contributed by atoms with Crippen LogP contribution in [0.1, 0.15) is 5.56 Å². The van der Waals surface area contributed by atoms with Gasteiger partial charge < -0.3 is 14.6 Å². The minimum atomic E-state index is -0.582. The molecule has 1 aromatic carbocycles. The first-order valence-corrected chi connectivity index (χ1v) is 8.86. The van der Waals surface area contributed by atoms with E-state index < -0.39 is 6.10 Å². The average molecular weight is 402 g/mol. The molecular formula is C18H25Cl2N3O3. The Morgan fingerprint density at radius 2 is 2.23 bits per heavy atom. The molecule has 0 amide bonds. The molecule has 6 nitrogen and oxygen atoms in total. The molecule has 2 unspecified atom stereocenters. The molecule has 2 aromatic rings. The fraction of sp³-hybridized carbons (Fsp3) is 0.500. The van der Waals surface area contributed by atoms with Crippen molar-refractivity contribution in [1.29, 1.82) is 0 Å². The van der Waals surface area contributed by atoms with Gasteiger partial charge in [-0.15, -0.1) is 12.4 Å². The number of aliphatic hydroxyl groups excluding tert-OH is 1. The second-order valence-electron chi connectivity index (χ2n) is 6.39. The number of benzene rings is 1. The van der Waals surface area contributed by atoms with Crippen molar-refractivity contribution >= 4 is 24.0 Å². The molecule has 26 heavy (non-hydrogen) atoms. The van der Waals surface area contributed by atoms with E-state index in [-0.39, 0.29) is 25.1 Å². The lowest BCUT2D eigenvalue weighted by atomic mass is 10.2. The van der Waals surface area contributed by atoms with E-state index in [1.807, 2.05) is 36.1 Å². The van der Waals surface area contributed by atoms with E-state index in [9.17, 15) is 5.11 Å². The Morgan fingerprint density at radius 1 is 1.42 bits per heavy atom. The number of β-amino-alcohol motifs (C(OH)–C–C–N with tert-alkyl or cyclic N) is 1. The van der Waals surface area contributed by atoms with Crippen molar-refractivity contribution < 1.29 is 14.6 Å². The molecule has 0 radical (unpaired) electrons.